The monoisotopic (exact) mass is 223 g/mol. The van der Waals surface area contributed by atoms with Gasteiger partial charge in [0.15, 0.2) is 0 Å². The Labute approximate surface area is 92.0 Å². The minimum atomic E-state index is -0.328. The number of benzene rings is 1. The van der Waals surface area contributed by atoms with Crippen molar-refractivity contribution in [2.24, 2.45) is 0 Å². The number of carbonyl (C=O) groups excluding carboxylic acids is 1. The lowest BCUT2D eigenvalue weighted by Gasteiger charge is -1.99. The van der Waals surface area contributed by atoms with Crippen molar-refractivity contribution in [2.45, 2.75) is 6.92 Å². The molecule has 1 N–H and O–H groups in total. The maximum Gasteiger partial charge on any atom is 0.340 e. The quantitative estimate of drug-likeness (QED) is 0.796. The summed E-state index contributed by atoms with van der Waals surface area (Å²) in [4.78, 5) is 14.5. The van der Waals surface area contributed by atoms with Crippen LogP contribution in [0.4, 0.5) is 0 Å². The first-order chi connectivity index (χ1) is 7.22. The molecule has 1 aromatic heterocycles. The molecule has 78 valence electrons. The molecule has 0 atom stereocenters. The number of aromatic nitrogens is 1. The van der Waals surface area contributed by atoms with Gasteiger partial charge in [0.05, 0.1) is 12.2 Å². The standard InChI is InChI=1S/C11H10ClNO2/c1-2-15-11(14)9-6-13-10-4-3-7(12)5-8(9)10/h3-6,13H,2H2,1H3. The number of aromatic amines is 1. The van der Waals surface area contributed by atoms with E-state index >= 15 is 0 Å². The fourth-order valence-corrected chi connectivity index (χ4v) is 1.64. The predicted octanol–water partition coefficient (Wildman–Crippen LogP) is 3.00. The number of H-pyrrole nitrogens is 1. The van der Waals surface area contributed by atoms with E-state index in [2.05, 4.69) is 4.98 Å². The first-order valence-corrected chi connectivity index (χ1v) is 5.04. The van der Waals surface area contributed by atoms with Gasteiger partial charge in [-0.3, -0.25) is 0 Å². The number of nitrogens with one attached hydrogen (secondary N) is 1. The Kier molecular flexibility index (Phi) is 2.64. The lowest BCUT2D eigenvalue weighted by atomic mass is 10.2. The molecule has 1 aromatic carbocycles. The van der Waals surface area contributed by atoms with Crippen molar-refractivity contribution < 1.29 is 9.53 Å². The molecule has 0 spiro atoms. The second kappa shape index (κ2) is 3.95. The van der Waals surface area contributed by atoms with Crippen LogP contribution in [0.3, 0.4) is 0 Å². The summed E-state index contributed by atoms with van der Waals surface area (Å²) in [5, 5.41) is 1.40. The molecular weight excluding hydrogens is 214 g/mol. The maximum absolute atomic E-state index is 11.5. The Balaban J connectivity index is 2.52. The minimum absolute atomic E-state index is 0.328. The molecule has 0 radical (unpaired) electrons. The molecule has 3 nitrogen and oxygen atoms in total. The largest absolute Gasteiger partial charge is 0.462 e. The summed E-state index contributed by atoms with van der Waals surface area (Å²) in [6.45, 7) is 2.14. The van der Waals surface area contributed by atoms with Crippen LogP contribution in [-0.2, 0) is 4.74 Å². The number of hydrogen-bond donors (Lipinski definition) is 1. The smallest absolute Gasteiger partial charge is 0.340 e. The van der Waals surface area contributed by atoms with E-state index in [4.69, 9.17) is 16.3 Å². The molecule has 15 heavy (non-hydrogen) atoms. The van der Waals surface area contributed by atoms with Crippen LogP contribution in [0, 0.1) is 0 Å². The molecule has 0 saturated carbocycles. The first-order valence-electron chi connectivity index (χ1n) is 4.66. The lowest BCUT2D eigenvalue weighted by Crippen LogP contribution is -2.03. The highest BCUT2D eigenvalue weighted by Crippen LogP contribution is 2.22. The van der Waals surface area contributed by atoms with Crippen molar-refractivity contribution in [3.05, 3.63) is 35.0 Å². The molecule has 0 aliphatic rings. The van der Waals surface area contributed by atoms with Crippen LogP contribution in [0.15, 0.2) is 24.4 Å². The van der Waals surface area contributed by atoms with Crippen LogP contribution in [0.1, 0.15) is 17.3 Å². The minimum Gasteiger partial charge on any atom is -0.462 e. The lowest BCUT2D eigenvalue weighted by molar-refractivity contribution is 0.0529. The summed E-state index contributed by atoms with van der Waals surface area (Å²) in [5.74, 6) is -0.328. The fourth-order valence-electron chi connectivity index (χ4n) is 1.47. The van der Waals surface area contributed by atoms with Gasteiger partial charge < -0.3 is 9.72 Å². The highest BCUT2D eigenvalue weighted by atomic mass is 35.5. The Morgan fingerprint density at radius 3 is 3.07 bits per heavy atom. The van der Waals surface area contributed by atoms with Gasteiger partial charge in [-0.15, -0.1) is 0 Å². The maximum atomic E-state index is 11.5. The number of fused-ring (bicyclic) bond motifs is 1. The molecule has 4 heteroatoms. The third-order valence-corrected chi connectivity index (χ3v) is 2.37. The fraction of sp³-hybridized carbons (Fsp3) is 0.182. The van der Waals surface area contributed by atoms with Crippen molar-refractivity contribution in [1.29, 1.82) is 0 Å². The molecule has 0 bridgehead atoms. The van der Waals surface area contributed by atoms with E-state index in [-0.39, 0.29) is 5.97 Å². The Bertz CT molecular complexity index is 504. The SMILES string of the molecule is CCOC(=O)c1c[nH]c2ccc(Cl)cc12. The van der Waals surface area contributed by atoms with E-state index in [1.165, 1.54) is 0 Å². The van der Waals surface area contributed by atoms with Gasteiger partial charge in [-0.25, -0.2) is 4.79 Å². The van der Waals surface area contributed by atoms with Crippen molar-refractivity contribution in [3.63, 3.8) is 0 Å². The highest BCUT2D eigenvalue weighted by molar-refractivity contribution is 6.31. The summed E-state index contributed by atoms with van der Waals surface area (Å²) in [6.07, 6.45) is 1.64. The number of ether oxygens (including phenoxy) is 1. The molecule has 0 fully saturated rings. The average molecular weight is 224 g/mol. The van der Waals surface area contributed by atoms with Gasteiger partial charge in [0.2, 0.25) is 0 Å². The van der Waals surface area contributed by atoms with Crippen LogP contribution in [-0.4, -0.2) is 17.6 Å². The van der Waals surface area contributed by atoms with Crippen molar-refractivity contribution in [3.8, 4) is 0 Å². The summed E-state index contributed by atoms with van der Waals surface area (Å²) < 4.78 is 4.93. The third kappa shape index (κ3) is 1.83. The molecule has 2 rings (SSSR count). The molecule has 0 saturated heterocycles. The van der Waals surface area contributed by atoms with Gasteiger partial charge in [0.25, 0.3) is 0 Å². The van der Waals surface area contributed by atoms with Crippen LogP contribution in [0.5, 0.6) is 0 Å². The summed E-state index contributed by atoms with van der Waals surface area (Å²) >= 11 is 5.86. The Morgan fingerprint density at radius 1 is 1.53 bits per heavy atom. The Morgan fingerprint density at radius 2 is 2.33 bits per heavy atom. The van der Waals surface area contributed by atoms with E-state index in [9.17, 15) is 4.79 Å². The molecule has 0 aliphatic carbocycles. The normalized spacial score (nSPS) is 10.5. The zero-order valence-corrected chi connectivity index (χ0v) is 8.97. The highest BCUT2D eigenvalue weighted by Gasteiger charge is 2.12. The topological polar surface area (TPSA) is 42.1 Å². The molecule has 0 amide bonds. The molecule has 0 unspecified atom stereocenters. The van der Waals surface area contributed by atoms with E-state index < -0.39 is 0 Å². The molecule has 0 aliphatic heterocycles. The van der Waals surface area contributed by atoms with Gasteiger partial charge in [-0.2, -0.15) is 0 Å². The van der Waals surface area contributed by atoms with Gasteiger partial charge in [0.1, 0.15) is 0 Å². The van der Waals surface area contributed by atoms with E-state index in [0.717, 1.165) is 10.9 Å². The summed E-state index contributed by atoms with van der Waals surface area (Å²) in [6, 6.07) is 5.36. The second-order valence-corrected chi connectivity index (χ2v) is 3.55. The van der Waals surface area contributed by atoms with Crippen molar-refractivity contribution >= 4 is 28.5 Å². The molecular formula is C11H10ClNO2. The zero-order valence-electron chi connectivity index (χ0n) is 8.21. The molecule has 1 heterocycles. The zero-order chi connectivity index (χ0) is 10.8. The Hall–Kier alpha value is -1.48. The predicted molar refractivity (Wildman–Crippen MR) is 59.3 cm³/mol. The van der Waals surface area contributed by atoms with Crippen LogP contribution in [0.25, 0.3) is 10.9 Å². The number of hydrogen-bond acceptors (Lipinski definition) is 2. The van der Waals surface area contributed by atoms with E-state index in [0.29, 0.717) is 17.2 Å². The van der Waals surface area contributed by atoms with Gasteiger partial charge in [-0.05, 0) is 25.1 Å². The van der Waals surface area contributed by atoms with Gasteiger partial charge in [-0.1, -0.05) is 11.6 Å². The van der Waals surface area contributed by atoms with Crippen LogP contribution in [0.2, 0.25) is 5.02 Å². The third-order valence-electron chi connectivity index (χ3n) is 2.14. The van der Waals surface area contributed by atoms with Crippen molar-refractivity contribution in [2.75, 3.05) is 6.61 Å². The summed E-state index contributed by atoms with van der Waals surface area (Å²) in [5.41, 5.74) is 1.40. The summed E-state index contributed by atoms with van der Waals surface area (Å²) in [7, 11) is 0. The number of carbonyl (C=O) groups is 1. The van der Waals surface area contributed by atoms with Gasteiger partial charge >= 0.3 is 5.97 Å². The number of halogens is 1. The molecule has 2 aromatic rings. The first kappa shape index (κ1) is 10.1. The van der Waals surface area contributed by atoms with E-state index in [1.807, 2.05) is 6.07 Å². The van der Waals surface area contributed by atoms with Crippen molar-refractivity contribution in [1.82, 2.24) is 4.98 Å². The van der Waals surface area contributed by atoms with E-state index in [1.54, 1.807) is 25.3 Å². The van der Waals surface area contributed by atoms with Gasteiger partial charge in [0, 0.05) is 22.1 Å². The van der Waals surface area contributed by atoms with Crippen LogP contribution >= 0.6 is 11.6 Å². The number of rotatable bonds is 2. The van der Waals surface area contributed by atoms with Crippen LogP contribution < -0.4 is 0 Å². The second-order valence-electron chi connectivity index (χ2n) is 3.11. The number of esters is 1. The average Bonchev–Trinajstić information content (AvgIpc) is 2.60.